The second kappa shape index (κ2) is 5.96. The summed E-state index contributed by atoms with van der Waals surface area (Å²) in [5.41, 5.74) is 5.00. The highest BCUT2D eigenvalue weighted by atomic mass is 16.1. The van der Waals surface area contributed by atoms with Gasteiger partial charge in [0.1, 0.15) is 6.29 Å². The van der Waals surface area contributed by atoms with Gasteiger partial charge in [-0.15, -0.1) is 0 Å². The fraction of sp³-hybridized carbons (Fsp3) is 0.818. The third kappa shape index (κ3) is 3.28. The number of carbonyl (C=O) groups excluding carboxylic acids is 2. The van der Waals surface area contributed by atoms with E-state index < -0.39 is 0 Å². The maximum Gasteiger partial charge on any atom is 0.233 e. The predicted molar refractivity (Wildman–Crippen MR) is 61.9 cm³/mol. The van der Waals surface area contributed by atoms with Gasteiger partial charge in [0.2, 0.25) is 5.91 Å². The molecule has 5 heteroatoms. The van der Waals surface area contributed by atoms with Crippen LogP contribution in [0, 0.1) is 5.41 Å². The molecule has 0 aromatic heterocycles. The van der Waals surface area contributed by atoms with Crippen LogP contribution in [0.2, 0.25) is 0 Å². The van der Waals surface area contributed by atoms with Crippen molar-refractivity contribution in [2.75, 3.05) is 20.1 Å². The molecular weight excluding hydrogens is 206 g/mol. The van der Waals surface area contributed by atoms with Gasteiger partial charge in [-0.3, -0.25) is 4.79 Å². The maximum atomic E-state index is 11.1. The molecule has 1 fully saturated rings. The molecule has 1 aliphatic rings. The molecule has 0 bridgehead atoms. The van der Waals surface area contributed by atoms with Crippen LogP contribution >= 0.6 is 0 Å². The summed E-state index contributed by atoms with van der Waals surface area (Å²) >= 11 is 0. The molecule has 0 aromatic carbocycles. The monoisotopic (exact) mass is 227 g/mol. The van der Waals surface area contributed by atoms with E-state index in [0.29, 0.717) is 6.54 Å². The van der Waals surface area contributed by atoms with Gasteiger partial charge >= 0.3 is 0 Å². The number of amides is 1. The van der Waals surface area contributed by atoms with Gasteiger partial charge < -0.3 is 21.2 Å². The molecule has 0 unspecified atom stereocenters. The van der Waals surface area contributed by atoms with Crippen molar-refractivity contribution in [2.24, 2.45) is 11.1 Å². The molecule has 0 heterocycles. The maximum absolute atomic E-state index is 11.1. The van der Waals surface area contributed by atoms with E-state index in [1.807, 2.05) is 7.05 Å². The minimum atomic E-state index is -0.237. The first-order valence-corrected chi connectivity index (χ1v) is 5.76. The molecule has 0 radical (unpaired) electrons. The van der Waals surface area contributed by atoms with E-state index in [1.165, 1.54) is 0 Å². The number of nitrogens with two attached hydrogens (primary N) is 1. The Balaban J connectivity index is 2.43. The van der Waals surface area contributed by atoms with Crippen LogP contribution in [0.1, 0.15) is 25.7 Å². The van der Waals surface area contributed by atoms with Gasteiger partial charge in [-0.2, -0.15) is 0 Å². The minimum Gasteiger partial charge on any atom is -0.352 e. The molecular formula is C11H21N3O2. The van der Waals surface area contributed by atoms with Crippen molar-refractivity contribution < 1.29 is 9.59 Å². The Morgan fingerprint density at radius 3 is 2.56 bits per heavy atom. The van der Waals surface area contributed by atoms with Crippen LogP contribution in [0.25, 0.3) is 0 Å². The van der Waals surface area contributed by atoms with Crippen LogP contribution in [-0.4, -0.2) is 38.4 Å². The third-order valence-corrected chi connectivity index (χ3v) is 3.31. The summed E-state index contributed by atoms with van der Waals surface area (Å²) in [5.74, 6) is -0.114. The summed E-state index contributed by atoms with van der Waals surface area (Å²) < 4.78 is 0. The van der Waals surface area contributed by atoms with Gasteiger partial charge in [0, 0.05) is 18.0 Å². The zero-order valence-corrected chi connectivity index (χ0v) is 9.79. The third-order valence-electron chi connectivity index (χ3n) is 3.31. The molecule has 16 heavy (non-hydrogen) atoms. The van der Waals surface area contributed by atoms with Gasteiger partial charge in [-0.1, -0.05) is 0 Å². The van der Waals surface area contributed by atoms with E-state index in [4.69, 9.17) is 5.73 Å². The Morgan fingerprint density at radius 1 is 1.50 bits per heavy atom. The first-order valence-electron chi connectivity index (χ1n) is 5.76. The quantitative estimate of drug-likeness (QED) is 0.548. The van der Waals surface area contributed by atoms with Crippen LogP contribution in [0.5, 0.6) is 0 Å². The standard InChI is InChI=1S/C11H21N3O2/c1-13-7-11(8-15)4-2-9(3-5-11)14-10(16)6-12/h8-9,13H,2-7,12H2,1H3,(H,14,16). The highest BCUT2D eigenvalue weighted by Gasteiger charge is 2.34. The molecule has 1 saturated carbocycles. The van der Waals surface area contributed by atoms with Crippen molar-refractivity contribution in [2.45, 2.75) is 31.7 Å². The molecule has 1 aliphatic carbocycles. The van der Waals surface area contributed by atoms with Crippen molar-refractivity contribution in [1.82, 2.24) is 10.6 Å². The number of carbonyl (C=O) groups is 2. The number of hydrogen-bond acceptors (Lipinski definition) is 4. The first kappa shape index (κ1) is 13.1. The van der Waals surface area contributed by atoms with Crippen LogP contribution in [0.4, 0.5) is 0 Å². The van der Waals surface area contributed by atoms with Crippen LogP contribution in [0.3, 0.4) is 0 Å². The van der Waals surface area contributed by atoms with E-state index in [9.17, 15) is 9.59 Å². The zero-order valence-electron chi connectivity index (χ0n) is 9.79. The second-order valence-electron chi connectivity index (χ2n) is 4.56. The lowest BCUT2D eigenvalue weighted by Gasteiger charge is -2.36. The lowest BCUT2D eigenvalue weighted by molar-refractivity contribution is -0.121. The Bertz CT molecular complexity index is 248. The molecule has 0 saturated heterocycles. The molecule has 5 nitrogen and oxygen atoms in total. The van der Waals surface area contributed by atoms with Gasteiger partial charge in [0.15, 0.2) is 0 Å². The highest BCUT2D eigenvalue weighted by Crippen LogP contribution is 2.33. The molecule has 4 N–H and O–H groups in total. The van der Waals surface area contributed by atoms with Crippen LogP contribution in [-0.2, 0) is 9.59 Å². The highest BCUT2D eigenvalue weighted by molar-refractivity contribution is 5.78. The van der Waals surface area contributed by atoms with Crippen molar-refractivity contribution in [1.29, 1.82) is 0 Å². The van der Waals surface area contributed by atoms with Gasteiger partial charge in [-0.25, -0.2) is 0 Å². The number of hydrogen-bond donors (Lipinski definition) is 3. The SMILES string of the molecule is CNCC1(C=O)CCC(NC(=O)CN)CC1. The molecule has 0 aromatic rings. The summed E-state index contributed by atoms with van der Waals surface area (Å²) in [4.78, 5) is 22.2. The number of nitrogens with one attached hydrogen (secondary N) is 2. The smallest absolute Gasteiger partial charge is 0.233 e. The average molecular weight is 227 g/mol. The van der Waals surface area contributed by atoms with Crippen molar-refractivity contribution in [3.63, 3.8) is 0 Å². The lowest BCUT2D eigenvalue weighted by Crippen LogP contribution is -2.45. The molecule has 0 aliphatic heterocycles. The van der Waals surface area contributed by atoms with Crippen LogP contribution < -0.4 is 16.4 Å². The Kier molecular flexibility index (Phi) is 4.89. The topological polar surface area (TPSA) is 84.2 Å². The number of aldehydes is 1. The van der Waals surface area contributed by atoms with Crippen molar-refractivity contribution >= 4 is 12.2 Å². The fourth-order valence-corrected chi connectivity index (χ4v) is 2.31. The van der Waals surface area contributed by atoms with E-state index >= 15 is 0 Å². The molecule has 0 atom stereocenters. The van der Waals surface area contributed by atoms with Crippen molar-refractivity contribution in [3.8, 4) is 0 Å². The van der Waals surface area contributed by atoms with E-state index in [1.54, 1.807) is 0 Å². The van der Waals surface area contributed by atoms with E-state index in [-0.39, 0.29) is 23.9 Å². The summed E-state index contributed by atoms with van der Waals surface area (Å²) in [5, 5.41) is 5.93. The first-order chi connectivity index (χ1) is 7.65. The van der Waals surface area contributed by atoms with E-state index in [0.717, 1.165) is 32.0 Å². The van der Waals surface area contributed by atoms with Gasteiger partial charge in [0.05, 0.1) is 6.54 Å². The van der Waals surface area contributed by atoms with Gasteiger partial charge in [-0.05, 0) is 32.7 Å². The molecule has 92 valence electrons. The fourth-order valence-electron chi connectivity index (χ4n) is 2.31. The largest absolute Gasteiger partial charge is 0.352 e. The zero-order chi connectivity index (χ0) is 12.0. The summed E-state index contributed by atoms with van der Waals surface area (Å²) in [7, 11) is 1.85. The summed E-state index contributed by atoms with van der Waals surface area (Å²) in [6.45, 7) is 0.750. The van der Waals surface area contributed by atoms with Gasteiger partial charge in [0.25, 0.3) is 0 Å². The second-order valence-corrected chi connectivity index (χ2v) is 4.56. The molecule has 1 rings (SSSR count). The summed E-state index contributed by atoms with van der Waals surface area (Å²) in [6.07, 6.45) is 4.42. The Hall–Kier alpha value is -0.940. The van der Waals surface area contributed by atoms with Crippen molar-refractivity contribution in [3.05, 3.63) is 0 Å². The molecule has 0 spiro atoms. The molecule has 1 amide bonds. The summed E-state index contributed by atoms with van der Waals surface area (Å²) in [6, 6.07) is 0.181. The number of rotatable bonds is 5. The Labute approximate surface area is 96.1 Å². The van der Waals surface area contributed by atoms with E-state index in [2.05, 4.69) is 10.6 Å². The average Bonchev–Trinajstić information content (AvgIpc) is 2.32. The van der Waals surface area contributed by atoms with Crippen LogP contribution in [0.15, 0.2) is 0 Å². The lowest BCUT2D eigenvalue weighted by atomic mass is 9.73. The normalized spacial score (nSPS) is 29.8. The minimum absolute atomic E-state index is 0.0336. The predicted octanol–water partition coefficient (Wildman–Crippen LogP) is -0.591. The Morgan fingerprint density at radius 2 is 2.12 bits per heavy atom.